The van der Waals surface area contributed by atoms with Gasteiger partial charge in [-0.15, -0.1) is 0 Å². The molecule has 0 amide bonds. The second-order valence-electron chi connectivity index (χ2n) is 9.96. The summed E-state index contributed by atoms with van der Waals surface area (Å²) in [5.74, 6) is -0.110. The largest absolute Gasteiger partial charge is 0.497 e. The molecule has 0 aliphatic carbocycles. The predicted molar refractivity (Wildman–Crippen MR) is 143 cm³/mol. The highest BCUT2D eigenvalue weighted by atomic mass is 35.5. The van der Waals surface area contributed by atoms with Gasteiger partial charge in [0, 0.05) is 17.1 Å². The van der Waals surface area contributed by atoms with Crippen LogP contribution in [0.25, 0.3) is 10.9 Å². The van der Waals surface area contributed by atoms with Gasteiger partial charge in [-0.25, -0.2) is 0 Å². The number of aromatic nitrogens is 1. The lowest BCUT2D eigenvalue weighted by Gasteiger charge is -2.41. The van der Waals surface area contributed by atoms with Gasteiger partial charge in [0.25, 0.3) is 0 Å². The maximum atomic E-state index is 11.8. The van der Waals surface area contributed by atoms with Crippen LogP contribution < -0.4 is 4.74 Å². The zero-order valence-electron chi connectivity index (χ0n) is 20.8. The summed E-state index contributed by atoms with van der Waals surface area (Å²) in [6.45, 7) is 2.78. The summed E-state index contributed by atoms with van der Waals surface area (Å²) in [4.78, 5) is 18.6. The Balaban J connectivity index is 1.39. The topological polar surface area (TPSA) is 82.9 Å². The van der Waals surface area contributed by atoms with Crippen LogP contribution in [0.15, 0.2) is 54.7 Å². The average molecular weight is 511 g/mol. The molecule has 1 atom stereocenters. The molecule has 0 spiro atoms. The zero-order valence-corrected chi connectivity index (χ0v) is 21.6. The summed E-state index contributed by atoms with van der Waals surface area (Å²) >= 11 is 6.48. The van der Waals surface area contributed by atoms with Crippen LogP contribution in [0.1, 0.15) is 55.8 Å². The highest BCUT2D eigenvalue weighted by Gasteiger charge is 2.37. The number of aryl methyl sites for hydroxylation is 1. The van der Waals surface area contributed by atoms with Gasteiger partial charge < -0.3 is 19.8 Å². The van der Waals surface area contributed by atoms with E-state index in [2.05, 4.69) is 34.1 Å². The number of fused-ring (bicyclic) bond motifs is 1. The lowest BCUT2D eigenvalue weighted by molar-refractivity contribution is -0.141. The molecule has 192 valence electrons. The first-order chi connectivity index (χ1) is 17.4. The molecule has 0 radical (unpaired) electrons. The van der Waals surface area contributed by atoms with Gasteiger partial charge in [0.05, 0.1) is 30.2 Å². The lowest BCUT2D eigenvalue weighted by Crippen LogP contribution is -2.41. The number of carboxylic acids is 1. The molecule has 4 rings (SSSR count). The molecule has 0 unspecified atom stereocenters. The van der Waals surface area contributed by atoms with Gasteiger partial charge in [0.1, 0.15) is 5.75 Å². The molecule has 0 saturated carbocycles. The van der Waals surface area contributed by atoms with Gasteiger partial charge in [-0.2, -0.15) is 0 Å². The number of pyridine rings is 1. The Morgan fingerprint density at radius 3 is 2.64 bits per heavy atom. The molecule has 1 aliphatic rings. The minimum atomic E-state index is -0.815. The predicted octanol–water partition coefficient (Wildman–Crippen LogP) is 5.90. The molecule has 1 saturated heterocycles. The van der Waals surface area contributed by atoms with E-state index in [-0.39, 0.29) is 11.8 Å². The van der Waals surface area contributed by atoms with Gasteiger partial charge in [-0.3, -0.25) is 9.78 Å². The van der Waals surface area contributed by atoms with Crippen LogP contribution in [0.4, 0.5) is 0 Å². The van der Waals surface area contributed by atoms with E-state index < -0.39 is 12.1 Å². The Kier molecular flexibility index (Phi) is 8.83. The number of carbonyl (C=O) groups is 1. The quantitative estimate of drug-likeness (QED) is 0.334. The summed E-state index contributed by atoms with van der Waals surface area (Å²) in [7, 11) is 1.60. The van der Waals surface area contributed by atoms with E-state index in [1.54, 1.807) is 13.3 Å². The van der Waals surface area contributed by atoms with Crippen LogP contribution in [0, 0.1) is 5.41 Å². The van der Waals surface area contributed by atoms with Gasteiger partial charge in [-0.1, -0.05) is 41.9 Å². The van der Waals surface area contributed by atoms with Crippen LogP contribution in [0.5, 0.6) is 5.75 Å². The number of benzene rings is 2. The fourth-order valence-electron chi connectivity index (χ4n) is 5.46. The van der Waals surface area contributed by atoms with E-state index in [9.17, 15) is 15.0 Å². The molecule has 2 aromatic carbocycles. The van der Waals surface area contributed by atoms with Gasteiger partial charge >= 0.3 is 5.97 Å². The summed E-state index contributed by atoms with van der Waals surface area (Å²) in [6.07, 6.45) is 5.71. The van der Waals surface area contributed by atoms with Crippen molar-refractivity contribution in [3.05, 3.63) is 70.9 Å². The second-order valence-corrected chi connectivity index (χ2v) is 10.4. The number of aliphatic carboxylic acids is 1. The number of methoxy groups -OCH3 is 1. The van der Waals surface area contributed by atoms with Crippen LogP contribution in [0.2, 0.25) is 5.02 Å². The van der Waals surface area contributed by atoms with Crippen molar-refractivity contribution in [1.82, 2.24) is 9.88 Å². The molecule has 6 nitrogen and oxygen atoms in total. The maximum absolute atomic E-state index is 11.8. The maximum Gasteiger partial charge on any atom is 0.303 e. The molecule has 2 heterocycles. The number of carboxylic acid groups (broad SMARTS) is 1. The molecule has 2 N–H and O–H groups in total. The molecule has 1 aromatic heterocycles. The SMILES string of the molecule is COc1ccc2ncc(Cl)c([C@@H](O)CCC3(CC(=O)O)CCN(CCCc4ccccc4)CC3)c2c1. The Bertz CT molecular complexity index is 1160. The Morgan fingerprint density at radius 1 is 1.19 bits per heavy atom. The third-order valence-corrected chi connectivity index (χ3v) is 7.88. The van der Waals surface area contributed by atoms with Crippen molar-refractivity contribution in [2.75, 3.05) is 26.7 Å². The van der Waals surface area contributed by atoms with Crippen LogP contribution in [-0.4, -0.2) is 52.8 Å². The Morgan fingerprint density at radius 2 is 1.94 bits per heavy atom. The Labute approximate surface area is 217 Å². The molecular weight excluding hydrogens is 476 g/mol. The standard InChI is InChI=1S/C29H35ClN2O4/c1-36-22-9-10-25-23(18-22)28(24(30)20-31-25)26(33)11-12-29(19-27(34)35)13-16-32(17-14-29)15-5-8-21-6-3-2-4-7-21/h2-4,6-7,9-10,18,20,26,33H,5,8,11-17,19H2,1H3,(H,34,35)/t26-/m0/s1. The second kappa shape index (κ2) is 12.0. The lowest BCUT2D eigenvalue weighted by atomic mass is 9.71. The van der Waals surface area contributed by atoms with Crippen molar-refractivity contribution in [2.45, 2.75) is 51.0 Å². The minimum absolute atomic E-state index is 0.121. The number of hydrogen-bond acceptors (Lipinski definition) is 5. The van der Waals surface area contributed by atoms with Crippen LogP contribution in [-0.2, 0) is 11.2 Å². The summed E-state index contributed by atoms with van der Waals surface area (Å²) < 4.78 is 5.35. The van der Waals surface area contributed by atoms with Crippen LogP contribution >= 0.6 is 11.6 Å². The number of hydrogen-bond donors (Lipinski definition) is 2. The smallest absolute Gasteiger partial charge is 0.303 e. The van der Waals surface area contributed by atoms with Crippen molar-refractivity contribution < 1.29 is 19.7 Å². The number of nitrogens with zero attached hydrogens (tertiary/aromatic N) is 2. The first-order valence-electron chi connectivity index (χ1n) is 12.7. The number of aliphatic hydroxyl groups excluding tert-OH is 1. The third-order valence-electron chi connectivity index (χ3n) is 7.58. The van der Waals surface area contributed by atoms with E-state index in [0.29, 0.717) is 29.2 Å². The number of aliphatic hydroxyl groups is 1. The normalized spacial score (nSPS) is 16.6. The highest BCUT2D eigenvalue weighted by molar-refractivity contribution is 6.32. The monoisotopic (exact) mass is 510 g/mol. The van der Waals surface area contributed by atoms with Gasteiger partial charge in [-0.05, 0) is 87.3 Å². The minimum Gasteiger partial charge on any atom is -0.497 e. The van der Waals surface area contributed by atoms with Gasteiger partial charge in [0.15, 0.2) is 0 Å². The van der Waals surface area contributed by atoms with Gasteiger partial charge in [0.2, 0.25) is 0 Å². The van der Waals surface area contributed by atoms with Crippen molar-refractivity contribution in [3.63, 3.8) is 0 Å². The number of piperidine rings is 1. The molecular formula is C29H35ClN2O4. The number of likely N-dealkylation sites (tertiary alicyclic amines) is 1. The van der Waals surface area contributed by atoms with E-state index in [4.69, 9.17) is 16.3 Å². The number of ether oxygens (including phenoxy) is 1. The molecule has 7 heteroatoms. The van der Waals surface area contributed by atoms with E-state index in [0.717, 1.165) is 56.2 Å². The highest BCUT2D eigenvalue weighted by Crippen LogP contribution is 2.43. The summed E-state index contributed by atoms with van der Waals surface area (Å²) in [5, 5.41) is 22.0. The average Bonchev–Trinajstić information content (AvgIpc) is 2.88. The Hall–Kier alpha value is -2.67. The molecule has 3 aromatic rings. The first kappa shape index (κ1) is 26.4. The van der Waals surface area contributed by atoms with Crippen molar-refractivity contribution in [1.29, 1.82) is 0 Å². The number of rotatable bonds is 11. The van der Waals surface area contributed by atoms with E-state index >= 15 is 0 Å². The molecule has 36 heavy (non-hydrogen) atoms. The third kappa shape index (κ3) is 6.55. The van der Waals surface area contributed by atoms with E-state index in [1.807, 2.05) is 24.3 Å². The first-order valence-corrected chi connectivity index (χ1v) is 13.1. The van der Waals surface area contributed by atoms with Crippen molar-refractivity contribution in [2.24, 2.45) is 5.41 Å². The number of halogens is 1. The van der Waals surface area contributed by atoms with Crippen molar-refractivity contribution >= 4 is 28.5 Å². The fourth-order valence-corrected chi connectivity index (χ4v) is 5.74. The van der Waals surface area contributed by atoms with Crippen molar-refractivity contribution in [3.8, 4) is 5.75 Å². The molecule has 0 bridgehead atoms. The van der Waals surface area contributed by atoms with E-state index in [1.165, 1.54) is 5.56 Å². The van der Waals surface area contributed by atoms with Crippen LogP contribution in [0.3, 0.4) is 0 Å². The molecule has 1 fully saturated rings. The molecule has 1 aliphatic heterocycles. The zero-order chi connectivity index (χ0) is 25.5. The summed E-state index contributed by atoms with van der Waals surface area (Å²) in [6, 6.07) is 16.0. The fraction of sp³-hybridized carbons (Fsp3) is 0.448. The summed E-state index contributed by atoms with van der Waals surface area (Å²) in [5.41, 5.74) is 2.39.